The summed E-state index contributed by atoms with van der Waals surface area (Å²) in [7, 11) is 1.70. The van der Waals surface area contributed by atoms with Gasteiger partial charge in [-0.3, -0.25) is 4.99 Å². The van der Waals surface area contributed by atoms with E-state index in [1.54, 1.807) is 7.05 Å². The number of ether oxygens (including phenoxy) is 1. The summed E-state index contributed by atoms with van der Waals surface area (Å²) in [5, 5.41) is 9.78. The molecule has 25 heavy (non-hydrogen) atoms. The molecule has 0 aliphatic carbocycles. The van der Waals surface area contributed by atoms with Gasteiger partial charge >= 0.3 is 6.09 Å². The van der Waals surface area contributed by atoms with Crippen molar-refractivity contribution in [3.05, 3.63) is 34.9 Å². The van der Waals surface area contributed by atoms with Crippen LogP contribution in [0.5, 0.6) is 0 Å². The van der Waals surface area contributed by atoms with Crippen molar-refractivity contribution in [3.8, 4) is 0 Å². The molecule has 3 N–H and O–H groups in total. The fraction of sp³-hybridized carbons (Fsp3) is 0.529. The number of carbonyl (C=O) groups is 1. The van der Waals surface area contributed by atoms with Crippen LogP contribution < -0.4 is 16.0 Å². The zero-order valence-electron chi connectivity index (χ0n) is 15.2. The number of amides is 1. The summed E-state index contributed by atoms with van der Waals surface area (Å²) < 4.78 is 5.16. The summed E-state index contributed by atoms with van der Waals surface area (Å²) in [4.78, 5) is 15.6. The topological polar surface area (TPSA) is 74.8 Å². The third-order valence-electron chi connectivity index (χ3n) is 2.95. The smallest absolute Gasteiger partial charge is 0.407 e. The Labute approximate surface area is 172 Å². The maximum absolute atomic E-state index is 11.5. The number of nitrogens with zero attached hydrogens (tertiary/aromatic N) is 1. The van der Waals surface area contributed by atoms with Gasteiger partial charge in [0.1, 0.15) is 5.60 Å². The van der Waals surface area contributed by atoms with E-state index in [0.717, 1.165) is 17.0 Å². The van der Waals surface area contributed by atoms with Gasteiger partial charge in [0.25, 0.3) is 0 Å². The van der Waals surface area contributed by atoms with E-state index in [2.05, 4.69) is 20.9 Å². The second-order valence-electron chi connectivity index (χ2n) is 6.20. The van der Waals surface area contributed by atoms with Crippen molar-refractivity contribution >= 4 is 47.6 Å². The van der Waals surface area contributed by atoms with Crippen molar-refractivity contribution in [2.45, 2.75) is 32.8 Å². The predicted octanol–water partition coefficient (Wildman–Crippen LogP) is 3.19. The Morgan fingerprint density at radius 2 is 1.72 bits per heavy atom. The molecule has 0 saturated heterocycles. The van der Waals surface area contributed by atoms with Crippen LogP contribution in [0.2, 0.25) is 5.02 Å². The molecule has 0 aliphatic heterocycles. The second kappa shape index (κ2) is 12.2. The third-order valence-corrected chi connectivity index (χ3v) is 3.32. The van der Waals surface area contributed by atoms with Crippen LogP contribution in [-0.4, -0.2) is 44.3 Å². The van der Waals surface area contributed by atoms with Crippen molar-refractivity contribution < 1.29 is 9.53 Å². The van der Waals surface area contributed by atoms with Gasteiger partial charge in [0.15, 0.2) is 5.96 Å². The standard InChI is InChI=1S/C17H27ClN4O2.HI/c1-17(2,3)24-16(23)22-12-11-21-15(19-4)20-10-9-13-7-5-6-8-14(13)18;/h5-8H,9-12H2,1-4H3,(H,22,23)(H2,19,20,21);1H. The highest BCUT2D eigenvalue weighted by Crippen LogP contribution is 2.14. The molecule has 0 aliphatic rings. The summed E-state index contributed by atoms with van der Waals surface area (Å²) >= 11 is 6.13. The highest BCUT2D eigenvalue weighted by molar-refractivity contribution is 14.0. The minimum Gasteiger partial charge on any atom is -0.444 e. The molecule has 0 spiro atoms. The molecule has 0 unspecified atom stereocenters. The van der Waals surface area contributed by atoms with Crippen molar-refractivity contribution in [3.63, 3.8) is 0 Å². The van der Waals surface area contributed by atoms with E-state index in [0.29, 0.717) is 25.6 Å². The zero-order chi connectivity index (χ0) is 18.0. The number of hydrogen-bond donors (Lipinski definition) is 3. The predicted molar refractivity (Wildman–Crippen MR) is 114 cm³/mol. The van der Waals surface area contributed by atoms with Crippen LogP contribution >= 0.6 is 35.6 Å². The van der Waals surface area contributed by atoms with Crippen LogP contribution in [0.25, 0.3) is 0 Å². The van der Waals surface area contributed by atoms with Crippen LogP contribution in [0.1, 0.15) is 26.3 Å². The molecule has 0 atom stereocenters. The Hall–Kier alpha value is -1.22. The molecule has 0 heterocycles. The van der Waals surface area contributed by atoms with Crippen LogP contribution in [0.4, 0.5) is 4.79 Å². The molecule has 1 amide bonds. The first-order valence-electron chi connectivity index (χ1n) is 7.96. The largest absolute Gasteiger partial charge is 0.444 e. The first-order chi connectivity index (χ1) is 11.3. The van der Waals surface area contributed by atoms with Gasteiger partial charge in [-0.2, -0.15) is 0 Å². The minimum absolute atomic E-state index is 0. The molecule has 0 radical (unpaired) electrons. The Morgan fingerprint density at radius 3 is 2.32 bits per heavy atom. The zero-order valence-corrected chi connectivity index (χ0v) is 18.3. The second-order valence-corrected chi connectivity index (χ2v) is 6.60. The summed E-state index contributed by atoms with van der Waals surface area (Å²) in [5.74, 6) is 0.674. The molecular weight excluding hydrogens is 455 g/mol. The van der Waals surface area contributed by atoms with Crippen molar-refractivity contribution in [2.75, 3.05) is 26.7 Å². The van der Waals surface area contributed by atoms with Crippen LogP contribution in [0, 0.1) is 0 Å². The van der Waals surface area contributed by atoms with E-state index < -0.39 is 11.7 Å². The number of halogens is 2. The van der Waals surface area contributed by atoms with Crippen molar-refractivity contribution in [2.24, 2.45) is 4.99 Å². The first kappa shape index (κ1) is 23.8. The monoisotopic (exact) mass is 482 g/mol. The van der Waals surface area contributed by atoms with E-state index in [-0.39, 0.29) is 24.0 Å². The number of alkyl carbamates (subject to hydrolysis) is 1. The lowest BCUT2D eigenvalue weighted by Gasteiger charge is -2.20. The molecule has 1 rings (SSSR count). The lowest BCUT2D eigenvalue weighted by molar-refractivity contribution is 0.0529. The summed E-state index contributed by atoms with van der Waals surface area (Å²) in [6.07, 6.45) is 0.377. The van der Waals surface area contributed by atoms with E-state index in [4.69, 9.17) is 16.3 Å². The molecule has 1 aromatic carbocycles. The van der Waals surface area contributed by atoms with E-state index in [1.807, 2.05) is 45.0 Å². The number of carbonyl (C=O) groups excluding carboxylic acids is 1. The Morgan fingerprint density at radius 1 is 1.12 bits per heavy atom. The lowest BCUT2D eigenvalue weighted by Crippen LogP contribution is -2.43. The fourth-order valence-electron chi connectivity index (χ4n) is 1.90. The molecule has 6 nitrogen and oxygen atoms in total. The maximum Gasteiger partial charge on any atom is 0.407 e. The molecular formula is C17H28ClIN4O2. The Bertz CT molecular complexity index is 562. The van der Waals surface area contributed by atoms with Gasteiger partial charge < -0.3 is 20.7 Å². The lowest BCUT2D eigenvalue weighted by atomic mass is 10.1. The quantitative estimate of drug-likeness (QED) is 0.252. The average molecular weight is 483 g/mol. The molecule has 8 heteroatoms. The van der Waals surface area contributed by atoms with Crippen molar-refractivity contribution in [1.29, 1.82) is 0 Å². The molecule has 0 aromatic heterocycles. The van der Waals surface area contributed by atoms with Gasteiger partial charge in [0, 0.05) is 31.7 Å². The van der Waals surface area contributed by atoms with Crippen LogP contribution in [-0.2, 0) is 11.2 Å². The number of nitrogens with one attached hydrogen (secondary N) is 3. The minimum atomic E-state index is -0.492. The number of benzene rings is 1. The van der Waals surface area contributed by atoms with Gasteiger partial charge in [-0.15, -0.1) is 24.0 Å². The maximum atomic E-state index is 11.5. The van der Waals surface area contributed by atoms with E-state index in [9.17, 15) is 4.79 Å². The number of aliphatic imine (C=N–C) groups is 1. The van der Waals surface area contributed by atoms with Gasteiger partial charge in [0.2, 0.25) is 0 Å². The number of rotatable bonds is 6. The highest BCUT2D eigenvalue weighted by Gasteiger charge is 2.15. The Balaban J connectivity index is 0.00000576. The average Bonchev–Trinajstić information content (AvgIpc) is 2.49. The van der Waals surface area contributed by atoms with Gasteiger partial charge in [-0.1, -0.05) is 29.8 Å². The van der Waals surface area contributed by atoms with Crippen LogP contribution in [0.15, 0.2) is 29.3 Å². The molecule has 0 saturated carbocycles. The third kappa shape index (κ3) is 11.1. The number of guanidine groups is 1. The highest BCUT2D eigenvalue weighted by atomic mass is 127. The summed E-state index contributed by atoms with van der Waals surface area (Å²) in [6.45, 7) is 7.19. The van der Waals surface area contributed by atoms with Crippen molar-refractivity contribution in [1.82, 2.24) is 16.0 Å². The number of hydrogen-bond acceptors (Lipinski definition) is 3. The molecule has 0 fully saturated rings. The molecule has 0 bridgehead atoms. The SMILES string of the molecule is CN=C(NCCNC(=O)OC(C)(C)C)NCCc1ccccc1Cl.I. The van der Waals surface area contributed by atoms with Gasteiger partial charge in [0.05, 0.1) is 0 Å². The summed E-state index contributed by atoms with van der Waals surface area (Å²) in [5.41, 5.74) is 0.599. The first-order valence-corrected chi connectivity index (χ1v) is 8.34. The fourth-order valence-corrected chi connectivity index (χ4v) is 2.13. The molecule has 142 valence electrons. The van der Waals surface area contributed by atoms with E-state index >= 15 is 0 Å². The van der Waals surface area contributed by atoms with Gasteiger partial charge in [-0.05, 0) is 38.8 Å². The van der Waals surface area contributed by atoms with E-state index in [1.165, 1.54) is 0 Å². The normalized spacial score (nSPS) is 11.3. The molecule has 1 aromatic rings. The van der Waals surface area contributed by atoms with Gasteiger partial charge in [-0.25, -0.2) is 4.79 Å². The Kier molecular flexibility index (Phi) is 11.6. The van der Waals surface area contributed by atoms with Crippen LogP contribution in [0.3, 0.4) is 0 Å². The summed E-state index contributed by atoms with van der Waals surface area (Å²) in [6, 6.07) is 7.77.